The first kappa shape index (κ1) is 23.8. The Kier molecular flexibility index (Phi) is 5.44. The summed E-state index contributed by atoms with van der Waals surface area (Å²) in [7, 11) is 0. The van der Waals surface area contributed by atoms with Gasteiger partial charge in [-0.15, -0.1) is 0 Å². The molecule has 1 aromatic heterocycles. The van der Waals surface area contributed by atoms with Gasteiger partial charge >= 0.3 is 0 Å². The standard InChI is InChI=1S/C29H24Cl2N4O2/c1-4-17-8-6-7-9-23(17)35-22(5-2)25-26(33-35)27(36)34(24-15-19(31)11-10-16(24)3)29(25)20-13-12-18(30)14-21(20)32-28(29)37/h6-15H,4-5H2,1-3H3,(H,32,37). The van der Waals surface area contributed by atoms with Crippen LogP contribution in [0.25, 0.3) is 5.69 Å². The van der Waals surface area contributed by atoms with Crippen LogP contribution in [0.15, 0.2) is 60.7 Å². The third-order valence-electron chi connectivity index (χ3n) is 7.38. The number of anilines is 2. The van der Waals surface area contributed by atoms with E-state index in [9.17, 15) is 9.59 Å². The number of aryl methyl sites for hydroxylation is 2. The number of aromatic nitrogens is 2. The number of carbonyl (C=O) groups excluding carboxylic acids is 2. The van der Waals surface area contributed by atoms with Gasteiger partial charge in [0, 0.05) is 26.9 Å². The van der Waals surface area contributed by atoms with Crippen molar-refractivity contribution < 1.29 is 9.59 Å². The molecule has 1 atom stereocenters. The van der Waals surface area contributed by atoms with E-state index in [1.165, 1.54) is 0 Å². The second-order valence-corrected chi connectivity index (χ2v) is 10.2. The van der Waals surface area contributed by atoms with Gasteiger partial charge in [-0.25, -0.2) is 4.68 Å². The van der Waals surface area contributed by atoms with E-state index >= 15 is 0 Å². The number of benzene rings is 3. The number of hydrogen-bond donors (Lipinski definition) is 1. The fourth-order valence-electron chi connectivity index (χ4n) is 5.75. The minimum absolute atomic E-state index is 0.264. The van der Waals surface area contributed by atoms with Crippen molar-refractivity contribution in [1.82, 2.24) is 9.78 Å². The normalized spacial score (nSPS) is 17.9. The van der Waals surface area contributed by atoms with Crippen LogP contribution >= 0.6 is 23.2 Å². The summed E-state index contributed by atoms with van der Waals surface area (Å²) in [4.78, 5) is 30.1. The molecular weight excluding hydrogens is 507 g/mol. The predicted octanol–water partition coefficient (Wildman–Crippen LogP) is 6.47. The van der Waals surface area contributed by atoms with Gasteiger partial charge in [0.05, 0.1) is 17.1 Å². The van der Waals surface area contributed by atoms with E-state index in [-0.39, 0.29) is 17.5 Å². The van der Waals surface area contributed by atoms with Gasteiger partial charge in [0.25, 0.3) is 11.8 Å². The molecule has 2 amide bonds. The molecule has 0 saturated carbocycles. The molecule has 0 aliphatic carbocycles. The third-order valence-corrected chi connectivity index (χ3v) is 7.85. The zero-order chi connectivity index (χ0) is 26.1. The van der Waals surface area contributed by atoms with Crippen molar-refractivity contribution in [1.29, 1.82) is 0 Å². The fraction of sp³-hybridized carbons (Fsp3) is 0.207. The number of para-hydroxylation sites is 1. The Morgan fingerprint density at radius 2 is 1.65 bits per heavy atom. The van der Waals surface area contributed by atoms with E-state index in [0.717, 1.165) is 28.9 Å². The zero-order valence-electron chi connectivity index (χ0n) is 20.6. The minimum atomic E-state index is -1.45. The molecule has 4 aromatic rings. The van der Waals surface area contributed by atoms with Gasteiger partial charge in [-0.1, -0.05) is 67.4 Å². The molecule has 0 fully saturated rings. The highest BCUT2D eigenvalue weighted by Crippen LogP contribution is 2.54. The Morgan fingerprint density at radius 1 is 0.919 bits per heavy atom. The quantitative estimate of drug-likeness (QED) is 0.328. The monoisotopic (exact) mass is 530 g/mol. The van der Waals surface area contributed by atoms with Gasteiger partial charge in [-0.2, -0.15) is 5.10 Å². The number of amides is 2. The van der Waals surface area contributed by atoms with Gasteiger partial charge in [0.1, 0.15) is 0 Å². The molecule has 6 nitrogen and oxygen atoms in total. The Morgan fingerprint density at radius 3 is 2.41 bits per heavy atom. The van der Waals surface area contributed by atoms with Crippen LogP contribution in [0, 0.1) is 6.92 Å². The van der Waals surface area contributed by atoms with E-state index in [4.69, 9.17) is 28.3 Å². The molecule has 6 rings (SSSR count). The minimum Gasteiger partial charge on any atom is -0.323 e. The Bertz CT molecular complexity index is 1630. The summed E-state index contributed by atoms with van der Waals surface area (Å²) < 4.78 is 1.84. The van der Waals surface area contributed by atoms with Crippen molar-refractivity contribution in [2.45, 2.75) is 39.2 Å². The number of carbonyl (C=O) groups is 2. The largest absolute Gasteiger partial charge is 0.323 e. The van der Waals surface area contributed by atoms with Crippen LogP contribution in [0.3, 0.4) is 0 Å². The molecule has 0 bridgehead atoms. The summed E-state index contributed by atoms with van der Waals surface area (Å²) in [6.07, 6.45) is 1.37. The maximum absolute atomic E-state index is 14.3. The molecule has 8 heteroatoms. The molecule has 37 heavy (non-hydrogen) atoms. The second kappa shape index (κ2) is 8.47. The van der Waals surface area contributed by atoms with Crippen LogP contribution in [0.1, 0.15) is 52.3 Å². The SMILES string of the molecule is CCc1ccccc1-n1nc2c(c1CC)C1(C(=O)Nc3cc(Cl)ccc31)N(c1cc(Cl)ccc1C)C2=O. The van der Waals surface area contributed by atoms with Crippen LogP contribution < -0.4 is 10.2 Å². The van der Waals surface area contributed by atoms with Gasteiger partial charge in [0.2, 0.25) is 0 Å². The number of rotatable bonds is 4. The number of halogens is 2. The van der Waals surface area contributed by atoms with Gasteiger partial charge < -0.3 is 5.32 Å². The van der Waals surface area contributed by atoms with Gasteiger partial charge in [-0.3, -0.25) is 14.5 Å². The summed E-state index contributed by atoms with van der Waals surface area (Å²) >= 11 is 12.7. The first-order valence-electron chi connectivity index (χ1n) is 12.3. The van der Waals surface area contributed by atoms with Crippen LogP contribution in [0.5, 0.6) is 0 Å². The zero-order valence-corrected chi connectivity index (χ0v) is 22.1. The second-order valence-electron chi connectivity index (χ2n) is 9.34. The summed E-state index contributed by atoms with van der Waals surface area (Å²) in [5, 5.41) is 8.85. The van der Waals surface area contributed by atoms with Crippen molar-refractivity contribution in [3.05, 3.63) is 104 Å². The molecule has 1 N–H and O–H groups in total. The van der Waals surface area contributed by atoms with Crippen molar-refractivity contribution in [3.8, 4) is 5.69 Å². The lowest BCUT2D eigenvalue weighted by molar-refractivity contribution is -0.119. The molecule has 2 aliphatic rings. The van der Waals surface area contributed by atoms with E-state index in [0.29, 0.717) is 39.0 Å². The molecule has 1 spiro atoms. The summed E-state index contributed by atoms with van der Waals surface area (Å²) in [5.41, 5.74) is 4.85. The van der Waals surface area contributed by atoms with E-state index in [2.05, 4.69) is 18.3 Å². The lowest BCUT2D eigenvalue weighted by Crippen LogP contribution is -2.51. The third kappa shape index (κ3) is 3.15. The maximum Gasteiger partial charge on any atom is 0.280 e. The van der Waals surface area contributed by atoms with E-state index in [1.54, 1.807) is 29.2 Å². The van der Waals surface area contributed by atoms with Crippen molar-refractivity contribution in [2.75, 3.05) is 10.2 Å². The first-order chi connectivity index (χ1) is 17.8. The lowest BCUT2D eigenvalue weighted by atomic mass is 9.82. The predicted molar refractivity (Wildman–Crippen MR) is 146 cm³/mol. The van der Waals surface area contributed by atoms with Crippen molar-refractivity contribution >= 4 is 46.4 Å². The topological polar surface area (TPSA) is 67.2 Å². The summed E-state index contributed by atoms with van der Waals surface area (Å²) in [6.45, 7) is 6.00. The maximum atomic E-state index is 14.3. The first-order valence-corrected chi connectivity index (χ1v) is 13.0. The molecule has 1 unspecified atom stereocenters. The molecule has 0 radical (unpaired) electrons. The molecule has 3 aromatic carbocycles. The van der Waals surface area contributed by atoms with Gasteiger partial charge in [-0.05, 0) is 61.2 Å². The van der Waals surface area contributed by atoms with Crippen LogP contribution in [0.2, 0.25) is 10.0 Å². The van der Waals surface area contributed by atoms with Crippen molar-refractivity contribution in [2.24, 2.45) is 0 Å². The Labute approximate surface area is 224 Å². The molecule has 186 valence electrons. The highest BCUT2D eigenvalue weighted by molar-refractivity contribution is 6.32. The van der Waals surface area contributed by atoms with E-state index < -0.39 is 5.54 Å². The van der Waals surface area contributed by atoms with Crippen LogP contribution in [-0.4, -0.2) is 21.6 Å². The Hall–Kier alpha value is -3.61. The lowest BCUT2D eigenvalue weighted by Gasteiger charge is -2.35. The Balaban J connectivity index is 1.73. The number of nitrogens with zero attached hydrogens (tertiary/aromatic N) is 3. The van der Waals surface area contributed by atoms with Crippen LogP contribution in [-0.2, 0) is 23.2 Å². The fourth-order valence-corrected chi connectivity index (χ4v) is 6.09. The van der Waals surface area contributed by atoms with Crippen molar-refractivity contribution in [3.63, 3.8) is 0 Å². The average Bonchev–Trinajstić information content (AvgIpc) is 3.49. The van der Waals surface area contributed by atoms with Gasteiger partial charge in [0.15, 0.2) is 11.2 Å². The highest BCUT2D eigenvalue weighted by Gasteiger charge is 2.63. The molecule has 2 aliphatic heterocycles. The molecule has 3 heterocycles. The average molecular weight is 531 g/mol. The molecule has 0 saturated heterocycles. The highest BCUT2D eigenvalue weighted by atomic mass is 35.5. The smallest absolute Gasteiger partial charge is 0.280 e. The number of hydrogen-bond acceptors (Lipinski definition) is 3. The van der Waals surface area contributed by atoms with E-state index in [1.807, 2.05) is 48.9 Å². The number of nitrogens with one attached hydrogen (secondary N) is 1. The number of fused-ring (bicyclic) bond motifs is 4. The van der Waals surface area contributed by atoms with Crippen LogP contribution in [0.4, 0.5) is 11.4 Å². The molecular formula is C29H24Cl2N4O2. The summed E-state index contributed by atoms with van der Waals surface area (Å²) in [6, 6.07) is 18.6. The summed E-state index contributed by atoms with van der Waals surface area (Å²) in [5.74, 6) is -0.671.